The van der Waals surface area contributed by atoms with Gasteiger partial charge < -0.3 is 14.4 Å². The summed E-state index contributed by atoms with van der Waals surface area (Å²) in [7, 11) is 0. The molecule has 0 fully saturated rings. The van der Waals surface area contributed by atoms with Gasteiger partial charge in [-0.2, -0.15) is 0 Å². The molecule has 0 bridgehead atoms. The van der Waals surface area contributed by atoms with Crippen LogP contribution in [0.15, 0.2) is 24.4 Å². The Morgan fingerprint density at radius 3 is 2.75 bits per heavy atom. The van der Waals surface area contributed by atoms with Crippen molar-refractivity contribution in [3.8, 4) is 17.0 Å². The second-order valence-corrected chi connectivity index (χ2v) is 4.61. The maximum atomic E-state index is 10.8. The molecular formula is C15H18N2O3. The summed E-state index contributed by atoms with van der Waals surface area (Å²) in [6.45, 7) is 6.29. The molecule has 5 heteroatoms. The SMILES string of the molecule is CCOc1ccc(-c2cn(CC(=O)O)c(C)n2)cc1C. The molecule has 2 aromatic rings. The van der Waals surface area contributed by atoms with Gasteiger partial charge in [0.05, 0.1) is 12.3 Å². The lowest BCUT2D eigenvalue weighted by molar-refractivity contribution is -0.137. The Hall–Kier alpha value is -2.30. The van der Waals surface area contributed by atoms with Crippen molar-refractivity contribution in [2.45, 2.75) is 27.3 Å². The zero-order valence-corrected chi connectivity index (χ0v) is 11.9. The van der Waals surface area contributed by atoms with Crippen LogP contribution in [-0.2, 0) is 11.3 Å². The molecule has 0 atom stereocenters. The molecule has 0 aliphatic carbocycles. The van der Waals surface area contributed by atoms with Gasteiger partial charge in [0.15, 0.2) is 0 Å². The van der Waals surface area contributed by atoms with E-state index in [0.717, 1.165) is 22.6 Å². The predicted octanol–water partition coefficient (Wildman–Crippen LogP) is 2.65. The second-order valence-electron chi connectivity index (χ2n) is 4.61. The summed E-state index contributed by atoms with van der Waals surface area (Å²) in [5, 5.41) is 8.85. The largest absolute Gasteiger partial charge is 0.494 e. The van der Waals surface area contributed by atoms with Crippen LogP contribution in [0.1, 0.15) is 18.3 Å². The maximum Gasteiger partial charge on any atom is 0.323 e. The van der Waals surface area contributed by atoms with E-state index in [1.54, 1.807) is 17.7 Å². The molecule has 0 aliphatic heterocycles. The third-order valence-electron chi connectivity index (χ3n) is 3.05. The summed E-state index contributed by atoms with van der Waals surface area (Å²) in [6.07, 6.45) is 1.76. The number of carboxylic acids is 1. The van der Waals surface area contributed by atoms with Crippen molar-refractivity contribution in [1.82, 2.24) is 9.55 Å². The van der Waals surface area contributed by atoms with E-state index in [1.807, 2.05) is 32.0 Å². The van der Waals surface area contributed by atoms with Gasteiger partial charge >= 0.3 is 5.97 Å². The first-order valence-electron chi connectivity index (χ1n) is 6.50. The van der Waals surface area contributed by atoms with Crippen LogP contribution in [-0.4, -0.2) is 27.2 Å². The molecule has 1 aromatic heterocycles. The highest BCUT2D eigenvalue weighted by atomic mass is 16.5. The minimum absolute atomic E-state index is 0.0746. The molecule has 0 spiro atoms. The second kappa shape index (κ2) is 5.77. The molecule has 106 valence electrons. The molecule has 1 N–H and O–H groups in total. The van der Waals surface area contributed by atoms with E-state index in [1.165, 1.54) is 0 Å². The van der Waals surface area contributed by atoms with Gasteiger partial charge in [-0.1, -0.05) is 0 Å². The van der Waals surface area contributed by atoms with E-state index in [-0.39, 0.29) is 6.54 Å². The fourth-order valence-electron chi connectivity index (χ4n) is 2.08. The highest BCUT2D eigenvalue weighted by molar-refractivity contribution is 5.67. The number of carboxylic acid groups (broad SMARTS) is 1. The van der Waals surface area contributed by atoms with Crippen LogP contribution in [0.3, 0.4) is 0 Å². The summed E-state index contributed by atoms with van der Waals surface area (Å²) in [6, 6.07) is 5.85. The van der Waals surface area contributed by atoms with Crippen molar-refractivity contribution in [2.24, 2.45) is 0 Å². The quantitative estimate of drug-likeness (QED) is 0.910. The average molecular weight is 274 g/mol. The number of hydrogen-bond acceptors (Lipinski definition) is 3. The molecule has 1 aromatic carbocycles. The average Bonchev–Trinajstić information content (AvgIpc) is 2.73. The minimum atomic E-state index is -0.875. The fourth-order valence-corrected chi connectivity index (χ4v) is 2.08. The Morgan fingerprint density at radius 1 is 1.40 bits per heavy atom. The molecule has 20 heavy (non-hydrogen) atoms. The van der Waals surface area contributed by atoms with E-state index >= 15 is 0 Å². The first-order valence-corrected chi connectivity index (χ1v) is 6.50. The van der Waals surface area contributed by atoms with Crippen molar-refractivity contribution in [2.75, 3.05) is 6.61 Å². The molecule has 2 rings (SSSR count). The number of carbonyl (C=O) groups is 1. The van der Waals surface area contributed by atoms with Gasteiger partial charge in [-0.05, 0) is 44.5 Å². The molecule has 0 aliphatic rings. The number of hydrogen-bond donors (Lipinski definition) is 1. The van der Waals surface area contributed by atoms with Crippen LogP contribution in [0.4, 0.5) is 0 Å². The number of aliphatic carboxylic acids is 1. The minimum Gasteiger partial charge on any atom is -0.494 e. The lowest BCUT2D eigenvalue weighted by atomic mass is 10.1. The van der Waals surface area contributed by atoms with Gasteiger partial charge in [-0.15, -0.1) is 0 Å². The van der Waals surface area contributed by atoms with Crippen LogP contribution < -0.4 is 4.74 Å². The van der Waals surface area contributed by atoms with Gasteiger partial charge in [0, 0.05) is 11.8 Å². The predicted molar refractivity (Wildman–Crippen MR) is 75.9 cm³/mol. The fraction of sp³-hybridized carbons (Fsp3) is 0.333. The van der Waals surface area contributed by atoms with Crippen LogP contribution in [0.5, 0.6) is 5.75 Å². The number of nitrogens with zero attached hydrogens (tertiary/aromatic N) is 2. The number of aromatic nitrogens is 2. The monoisotopic (exact) mass is 274 g/mol. The van der Waals surface area contributed by atoms with E-state index in [2.05, 4.69) is 4.98 Å². The number of benzene rings is 1. The van der Waals surface area contributed by atoms with Crippen LogP contribution in [0.25, 0.3) is 11.3 Å². The highest BCUT2D eigenvalue weighted by Gasteiger charge is 2.10. The topological polar surface area (TPSA) is 64.3 Å². The third-order valence-corrected chi connectivity index (χ3v) is 3.05. The molecule has 0 amide bonds. The van der Waals surface area contributed by atoms with Gasteiger partial charge in [-0.25, -0.2) is 4.98 Å². The third kappa shape index (κ3) is 2.99. The normalized spacial score (nSPS) is 10.6. The number of rotatable bonds is 5. The molecular weight excluding hydrogens is 256 g/mol. The molecule has 1 heterocycles. The summed E-state index contributed by atoms with van der Waals surface area (Å²) >= 11 is 0. The zero-order chi connectivity index (χ0) is 14.7. The number of aryl methyl sites for hydroxylation is 2. The van der Waals surface area contributed by atoms with Crippen molar-refractivity contribution in [1.29, 1.82) is 0 Å². The molecule has 0 unspecified atom stereocenters. The van der Waals surface area contributed by atoms with Crippen LogP contribution in [0, 0.1) is 13.8 Å². The van der Waals surface area contributed by atoms with Crippen LogP contribution >= 0.6 is 0 Å². The van der Waals surface area contributed by atoms with Gasteiger partial charge in [0.1, 0.15) is 18.1 Å². The Balaban J connectivity index is 2.32. The summed E-state index contributed by atoms with van der Waals surface area (Å²) in [5.74, 6) is 0.673. The van der Waals surface area contributed by atoms with E-state index in [0.29, 0.717) is 12.4 Å². The van der Waals surface area contributed by atoms with Crippen LogP contribution in [0.2, 0.25) is 0 Å². The standard InChI is InChI=1S/C15H18N2O3/c1-4-20-14-6-5-12(7-10(14)2)13-8-17(9-15(18)19)11(3)16-13/h5-8H,4,9H2,1-3H3,(H,18,19). The van der Waals surface area contributed by atoms with Crippen molar-refractivity contribution < 1.29 is 14.6 Å². The maximum absolute atomic E-state index is 10.8. The van der Waals surface area contributed by atoms with Crippen molar-refractivity contribution >= 4 is 5.97 Å². The van der Waals surface area contributed by atoms with E-state index in [9.17, 15) is 4.79 Å². The molecule has 0 saturated heterocycles. The molecule has 0 saturated carbocycles. The summed E-state index contributed by atoms with van der Waals surface area (Å²) < 4.78 is 7.13. The van der Waals surface area contributed by atoms with Crippen molar-refractivity contribution in [3.05, 3.63) is 35.8 Å². The van der Waals surface area contributed by atoms with E-state index in [4.69, 9.17) is 9.84 Å². The lowest BCUT2D eigenvalue weighted by Gasteiger charge is -2.07. The van der Waals surface area contributed by atoms with Gasteiger partial charge in [-0.3, -0.25) is 4.79 Å². The first-order chi connectivity index (χ1) is 9.51. The summed E-state index contributed by atoms with van der Waals surface area (Å²) in [4.78, 5) is 15.2. The smallest absolute Gasteiger partial charge is 0.323 e. The first kappa shape index (κ1) is 14.1. The highest BCUT2D eigenvalue weighted by Crippen LogP contribution is 2.25. The number of ether oxygens (including phenoxy) is 1. The Kier molecular flexibility index (Phi) is 4.08. The van der Waals surface area contributed by atoms with E-state index < -0.39 is 5.97 Å². The molecule has 5 nitrogen and oxygen atoms in total. The zero-order valence-electron chi connectivity index (χ0n) is 11.9. The Labute approximate surface area is 117 Å². The summed E-state index contributed by atoms with van der Waals surface area (Å²) in [5.41, 5.74) is 2.77. The van der Waals surface area contributed by atoms with Crippen molar-refractivity contribution in [3.63, 3.8) is 0 Å². The molecule has 0 radical (unpaired) electrons. The van der Waals surface area contributed by atoms with Gasteiger partial charge in [0.25, 0.3) is 0 Å². The number of imidazole rings is 1. The Bertz CT molecular complexity index is 632. The van der Waals surface area contributed by atoms with Gasteiger partial charge in [0.2, 0.25) is 0 Å². The Morgan fingerprint density at radius 2 is 2.15 bits per heavy atom. The lowest BCUT2D eigenvalue weighted by Crippen LogP contribution is -2.08.